The van der Waals surface area contributed by atoms with Crippen LogP contribution in [0.1, 0.15) is 51.4 Å². The number of fused-ring (bicyclic) bond motifs is 7. The van der Waals surface area contributed by atoms with E-state index in [4.69, 9.17) is 9.97 Å². The summed E-state index contributed by atoms with van der Waals surface area (Å²) in [5, 5.41) is 7.69. The van der Waals surface area contributed by atoms with Gasteiger partial charge in [0.1, 0.15) is 0 Å². The van der Waals surface area contributed by atoms with Crippen LogP contribution in [0.15, 0.2) is 66.7 Å². The smallest absolute Gasteiger partial charge is 0.251 e. The van der Waals surface area contributed by atoms with E-state index in [1.54, 1.807) is 0 Å². The fourth-order valence-electron chi connectivity index (χ4n) is 5.17. The van der Waals surface area contributed by atoms with Crippen molar-refractivity contribution in [2.45, 2.75) is 46.6 Å². The van der Waals surface area contributed by atoms with Crippen LogP contribution < -0.4 is 5.32 Å². The summed E-state index contributed by atoms with van der Waals surface area (Å²) in [5.74, 6) is -0.0867. The van der Waals surface area contributed by atoms with Gasteiger partial charge in [0.05, 0.1) is 22.1 Å². The zero-order chi connectivity index (χ0) is 23.4. The highest BCUT2D eigenvalue weighted by atomic mass is 16.1. The number of hydrogen-bond acceptors (Lipinski definition) is 3. The summed E-state index contributed by atoms with van der Waals surface area (Å²) in [6, 6.07) is 22.2. The molecule has 0 bridgehead atoms. The van der Waals surface area contributed by atoms with Crippen LogP contribution in [-0.4, -0.2) is 21.4 Å². The van der Waals surface area contributed by atoms with Crippen LogP contribution in [0.3, 0.4) is 0 Å². The summed E-state index contributed by atoms with van der Waals surface area (Å²) in [6.07, 6.45) is 0.878. The predicted octanol–water partition coefficient (Wildman–Crippen LogP) is 7.03. The van der Waals surface area contributed by atoms with E-state index < -0.39 is 0 Å². The molecule has 0 radical (unpaired) electrons. The Morgan fingerprint density at radius 3 is 1.79 bits per heavy atom. The Balaban J connectivity index is 1.65. The first-order valence-electron chi connectivity index (χ1n) is 11.4. The highest BCUT2D eigenvalue weighted by Crippen LogP contribution is 2.34. The Labute approximate surface area is 194 Å². The van der Waals surface area contributed by atoms with Crippen LogP contribution >= 0.6 is 0 Å². The molecule has 33 heavy (non-hydrogen) atoms. The maximum atomic E-state index is 13.1. The Hall–Kier alpha value is -3.53. The van der Waals surface area contributed by atoms with Gasteiger partial charge in [-0.05, 0) is 54.7 Å². The summed E-state index contributed by atoms with van der Waals surface area (Å²) in [6.45, 7) is 10.7. The monoisotopic (exact) mass is 435 g/mol. The molecule has 4 nitrogen and oxygen atoms in total. The van der Waals surface area contributed by atoms with Crippen molar-refractivity contribution in [3.63, 3.8) is 0 Å². The fraction of sp³-hybridized carbons (Fsp3) is 0.276. The van der Waals surface area contributed by atoms with Crippen LogP contribution in [-0.2, 0) is 0 Å². The molecule has 4 heteroatoms. The predicted molar refractivity (Wildman–Crippen MR) is 138 cm³/mol. The number of nitrogens with one attached hydrogen (secondary N) is 1. The molecule has 0 saturated heterocycles. The average molecular weight is 436 g/mol. The van der Waals surface area contributed by atoms with E-state index in [-0.39, 0.29) is 16.9 Å². The molecule has 0 atom stereocenters. The van der Waals surface area contributed by atoms with Gasteiger partial charge in [-0.2, -0.15) is 0 Å². The van der Waals surface area contributed by atoms with E-state index in [9.17, 15) is 4.79 Å². The summed E-state index contributed by atoms with van der Waals surface area (Å²) in [4.78, 5) is 23.1. The topological polar surface area (TPSA) is 54.9 Å². The first-order chi connectivity index (χ1) is 15.6. The van der Waals surface area contributed by atoms with Crippen molar-refractivity contribution in [3.05, 3.63) is 72.3 Å². The van der Waals surface area contributed by atoms with Gasteiger partial charge in [-0.25, -0.2) is 9.97 Å². The third-order valence-corrected chi connectivity index (χ3v) is 6.01. The van der Waals surface area contributed by atoms with Crippen LogP contribution in [0.5, 0.6) is 0 Å². The quantitative estimate of drug-likeness (QED) is 0.244. The number of amides is 1. The van der Waals surface area contributed by atoms with Gasteiger partial charge in [0.2, 0.25) is 0 Å². The van der Waals surface area contributed by atoms with Crippen molar-refractivity contribution in [2.75, 3.05) is 0 Å². The van der Waals surface area contributed by atoms with Crippen LogP contribution in [0.4, 0.5) is 0 Å². The number of rotatable bonds is 3. The molecule has 0 fully saturated rings. The van der Waals surface area contributed by atoms with Crippen molar-refractivity contribution in [3.8, 4) is 0 Å². The molecular weight excluding hydrogens is 406 g/mol. The lowest BCUT2D eigenvalue weighted by molar-refractivity contribution is 0.0891. The minimum absolute atomic E-state index is 0.0867. The largest absolute Gasteiger partial charge is 0.347 e. The number of hydrogen-bond donors (Lipinski definition) is 1. The summed E-state index contributed by atoms with van der Waals surface area (Å²) in [5.41, 5.74) is 3.67. The molecule has 1 heterocycles. The van der Waals surface area contributed by atoms with E-state index in [0.717, 1.165) is 44.6 Å². The van der Waals surface area contributed by atoms with Crippen LogP contribution in [0.2, 0.25) is 0 Å². The lowest BCUT2D eigenvalue weighted by Gasteiger charge is -2.33. The number of benzene rings is 4. The third kappa shape index (κ3) is 4.02. The van der Waals surface area contributed by atoms with Gasteiger partial charge in [-0.1, -0.05) is 69.3 Å². The summed E-state index contributed by atoms with van der Waals surface area (Å²) >= 11 is 0. The van der Waals surface area contributed by atoms with Crippen LogP contribution in [0, 0.1) is 5.41 Å². The SMILES string of the molecule is CC(C)(C)CC(C)(C)NC(=O)c1ccc2nc3c4ccccc4c4ccccc4c3nc2c1. The Kier molecular flexibility index (Phi) is 4.86. The van der Waals surface area contributed by atoms with E-state index >= 15 is 0 Å². The van der Waals surface area contributed by atoms with Gasteiger partial charge in [0.25, 0.3) is 5.91 Å². The van der Waals surface area contributed by atoms with Gasteiger partial charge in [-0.3, -0.25) is 4.79 Å². The molecular formula is C29H29N3O. The molecule has 5 rings (SSSR count). The molecule has 0 unspecified atom stereocenters. The van der Waals surface area contributed by atoms with E-state index in [1.807, 2.05) is 30.3 Å². The average Bonchev–Trinajstić information content (AvgIpc) is 2.76. The van der Waals surface area contributed by atoms with Crippen molar-refractivity contribution in [1.82, 2.24) is 15.3 Å². The normalized spacial score (nSPS) is 12.6. The zero-order valence-corrected chi connectivity index (χ0v) is 19.9. The Bertz CT molecular complexity index is 1540. The van der Waals surface area contributed by atoms with Crippen molar-refractivity contribution in [1.29, 1.82) is 0 Å². The zero-order valence-electron chi connectivity index (χ0n) is 19.9. The van der Waals surface area contributed by atoms with Crippen LogP contribution in [0.25, 0.3) is 43.6 Å². The first kappa shape index (κ1) is 21.3. The van der Waals surface area contributed by atoms with Gasteiger partial charge in [0.15, 0.2) is 0 Å². The first-order valence-corrected chi connectivity index (χ1v) is 11.4. The minimum Gasteiger partial charge on any atom is -0.347 e. The maximum absolute atomic E-state index is 13.1. The van der Waals surface area contributed by atoms with E-state index in [0.29, 0.717) is 5.56 Å². The number of carbonyl (C=O) groups excluding carboxylic acids is 1. The lowest BCUT2D eigenvalue weighted by atomic mass is 9.81. The molecule has 1 amide bonds. The molecule has 166 valence electrons. The van der Waals surface area contributed by atoms with Crippen molar-refractivity contribution < 1.29 is 4.79 Å². The lowest BCUT2D eigenvalue weighted by Crippen LogP contribution is -2.45. The maximum Gasteiger partial charge on any atom is 0.251 e. The highest BCUT2D eigenvalue weighted by Gasteiger charge is 2.27. The highest BCUT2D eigenvalue weighted by molar-refractivity contribution is 6.23. The fourth-order valence-corrected chi connectivity index (χ4v) is 5.17. The molecule has 1 N–H and O–H groups in total. The van der Waals surface area contributed by atoms with Gasteiger partial charge >= 0.3 is 0 Å². The second-order valence-corrected chi connectivity index (χ2v) is 10.8. The standard InChI is InChI=1S/C29H29N3O/c1-28(2,3)17-29(4,5)32-27(33)18-14-15-23-24(16-18)31-26-22-13-9-7-11-20(22)19-10-6-8-12-21(19)25(26)30-23/h6-16H,17H2,1-5H3,(H,32,33). The third-order valence-electron chi connectivity index (χ3n) is 6.01. The molecule has 0 aliphatic carbocycles. The molecule has 0 spiro atoms. The Morgan fingerprint density at radius 1 is 0.727 bits per heavy atom. The van der Waals surface area contributed by atoms with E-state index in [1.165, 1.54) is 5.39 Å². The molecule has 4 aromatic carbocycles. The van der Waals surface area contributed by atoms with Gasteiger partial charge < -0.3 is 5.32 Å². The number of aromatic nitrogens is 2. The second kappa shape index (κ2) is 7.51. The number of nitrogens with zero attached hydrogens (tertiary/aromatic N) is 2. The van der Waals surface area contributed by atoms with Gasteiger partial charge in [-0.15, -0.1) is 0 Å². The Morgan fingerprint density at radius 2 is 1.24 bits per heavy atom. The van der Waals surface area contributed by atoms with Crippen molar-refractivity contribution in [2.24, 2.45) is 5.41 Å². The molecule has 0 aliphatic heterocycles. The molecule has 0 aliphatic rings. The summed E-state index contributed by atoms with van der Waals surface area (Å²) < 4.78 is 0. The van der Waals surface area contributed by atoms with Crippen molar-refractivity contribution >= 4 is 49.5 Å². The summed E-state index contributed by atoms with van der Waals surface area (Å²) in [7, 11) is 0. The van der Waals surface area contributed by atoms with E-state index in [2.05, 4.69) is 76.3 Å². The molecule has 1 aromatic heterocycles. The van der Waals surface area contributed by atoms with Gasteiger partial charge in [0, 0.05) is 21.9 Å². The molecule has 0 saturated carbocycles. The minimum atomic E-state index is -0.311. The number of carbonyl (C=O) groups is 1. The molecule has 5 aromatic rings. The second-order valence-electron chi connectivity index (χ2n) is 10.8.